The lowest BCUT2D eigenvalue weighted by atomic mass is 9.95. The van der Waals surface area contributed by atoms with Crippen LogP contribution in [0.1, 0.15) is 39.0 Å². The van der Waals surface area contributed by atoms with Gasteiger partial charge in [-0.2, -0.15) is 0 Å². The Kier molecular flexibility index (Phi) is 5.22. The lowest BCUT2D eigenvalue weighted by Gasteiger charge is -2.24. The third kappa shape index (κ3) is 3.74. The second-order valence-corrected chi connectivity index (χ2v) is 7.91. The first-order chi connectivity index (χ1) is 9.93. The summed E-state index contributed by atoms with van der Waals surface area (Å²) in [5.74, 6) is -0.483. The van der Waals surface area contributed by atoms with Crippen molar-refractivity contribution in [2.24, 2.45) is 0 Å². The van der Waals surface area contributed by atoms with Gasteiger partial charge in [0, 0.05) is 12.2 Å². The molecular formula is C14H19ClN2O3S. The van der Waals surface area contributed by atoms with Gasteiger partial charge in [0.1, 0.15) is 5.25 Å². The number of rotatable bonds is 4. The zero-order chi connectivity index (χ0) is 15.5. The fourth-order valence-electron chi connectivity index (χ4n) is 2.45. The van der Waals surface area contributed by atoms with Gasteiger partial charge in [-0.15, -0.1) is 0 Å². The van der Waals surface area contributed by atoms with Crippen LogP contribution < -0.4 is 5.32 Å². The van der Waals surface area contributed by atoms with E-state index in [9.17, 15) is 13.2 Å². The predicted octanol–water partition coefficient (Wildman–Crippen LogP) is 2.35. The van der Waals surface area contributed by atoms with E-state index in [1.807, 2.05) is 0 Å². The molecule has 0 saturated heterocycles. The highest BCUT2D eigenvalue weighted by atomic mass is 35.5. The summed E-state index contributed by atoms with van der Waals surface area (Å²) in [4.78, 5) is 16.0. The van der Waals surface area contributed by atoms with Gasteiger partial charge in [-0.05, 0) is 31.9 Å². The molecule has 1 N–H and O–H groups in total. The van der Waals surface area contributed by atoms with Crippen LogP contribution in [0, 0.1) is 0 Å². The molecule has 0 aliphatic heterocycles. The largest absolute Gasteiger partial charge is 0.352 e. The van der Waals surface area contributed by atoms with Crippen molar-refractivity contribution in [2.45, 2.75) is 55.3 Å². The molecule has 7 heteroatoms. The minimum atomic E-state index is -3.87. The third-order valence-corrected chi connectivity index (χ3v) is 6.21. The number of sulfone groups is 1. The highest BCUT2D eigenvalue weighted by Gasteiger charge is 2.33. The summed E-state index contributed by atoms with van der Waals surface area (Å²) in [6, 6.07) is 3.07. The summed E-state index contributed by atoms with van der Waals surface area (Å²) in [6.45, 7) is 1.37. The fourth-order valence-corrected chi connectivity index (χ4v) is 4.13. The molecule has 1 aromatic rings. The van der Waals surface area contributed by atoms with Crippen molar-refractivity contribution >= 4 is 27.3 Å². The number of hydrogen-bond donors (Lipinski definition) is 1. The van der Waals surface area contributed by atoms with E-state index in [1.54, 1.807) is 6.07 Å². The number of carbonyl (C=O) groups excluding carboxylic acids is 1. The minimum Gasteiger partial charge on any atom is -0.352 e. The van der Waals surface area contributed by atoms with Crippen LogP contribution in [0.4, 0.5) is 0 Å². The number of amides is 1. The number of nitrogens with one attached hydrogen (secondary N) is 1. The van der Waals surface area contributed by atoms with Gasteiger partial charge in [0.25, 0.3) is 0 Å². The summed E-state index contributed by atoms with van der Waals surface area (Å²) in [7, 11) is -3.87. The molecular weight excluding hydrogens is 312 g/mol. The smallest absolute Gasteiger partial charge is 0.238 e. The van der Waals surface area contributed by atoms with Crippen LogP contribution in [-0.4, -0.2) is 30.6 Å². The van der Waals surface area contributed by atoms with Crippen LogP contribution >= 0.6 is 11.6 Å². The van der Waals surface area contributed by atoms with Crippen molar-refractivity contribution in [3.63, 3.8) is 0 Å². The van der Waals surface area contributed by atoms with E-state index in [0.29, 0.717) is 0 Å². The monoisotopic (exact) mass is 330 g/mol. The van der Waals surface area contributed by atoms with Gasteiger partial charge < -0.3 is 5.32 Å². The Morgan fingerprint density at radius 3 is 2.67 bits per heavy atom. The predicted molar refractivity (Wildman–Crippen MR) is 80.9 cm³/mol. The quantitative estimate of drug-likeness (QED) is 0.919. The Morgan fingerprint density at radius 1 is 1.38 bits per heavy atom. The van der Waals surface area contributed by atoms with Gasteiger partial charge in [-0.25, -0.2) is 13.4 Å². The van der Waals surface area contributed by atoms with Crippen LogP contribution in [-0.2, 0) is 14.6 Å². The molecule has 1 saturated carbocycles. The van der Waals surface area contributed by atoms with E-state index in [0.717, 1.165) is 25.7 Å². The molecule has 1 aliphatic carbocycles. The first kappa shape index (κ1) is 16.2. The fraction of sp³-hybridized carbons (Fsp3) is 0.571. The summed E-state index contributed by atoms with van der Waals surface area (Å²) >= 11 is 5.88. The molecule has 1 heterocycles. The SMILES string of the molecule is C[C@@H](C(=O)NC1CCCCC1)S(=O)(=O)c1ncccc1Cl. The zero-order valence-electron chi connectivity index (χ0n) is 11.9. The standard InChI is InChI=1S/C14H19ClN2O3S/c1-10(13(18)17-11-6-3-2-4-7-11)21(19,20)14-12(15)8-5-9-16-14/h5,8-11H,2-4,6-7H2,1H3,(H,17,18)/t10-/m0/s1. The van der Waals surface area contributed by atoms with Crippen molar-refractivity contribution in [3.8, 4) is 0 Å². The number of aromatic nitrogens is 1. The average Bonchev–Trinajstić information content (AvgIpc) is 2.47. The Hall–Kier alpha value is -1.14. The molecule has 2 rings (SSSR count). The van der Waals surface area contributed by atoms with Crippen molar-refractivity contribution in [3.05, 3.63) is 23.4 Å². The molecule has 1 fully saturated rings. The van der Waals surface area contributed by atoms with E-state index >= 15 is 0 Å². The minimum absolute atomic E-state index is 0.0369. The van der Waals surface area contributed by atoms with Gasteiger partial charge in [-0.1, -0.05) is 30.9 Å². The lowest BCUT2D eigenvalue weighted by molar-refractivity contribution is -0.121. The van der Waals surface area contributed by atoms with E-state index in [1.165, 1.54) is 25.6 Å². The molecule has 0 spiro atoms. The molecule has 0 bridgehead atoms. The first-order valence-corrected chi connectivity index (χ1v) is 9.00. The van der Waals surface area contributed by atoms with E-state index in [2.05, 4.69) is 10.3 Å². The second-order valence-electron chi connectivity index (χ2n) is 5.32. The molecule has 1 amide bonds. The molecule has 1 aliphatic rings. The summed E-state index contributed by atoms with van der Waals surface area (Å²) in [5, 5.41) is 1.42. The van der Waals surface area contributed by atoms with Gasteiger partial charge in [0.05, 0.1) is 5.02 Å². The van der Waals surface area contributed by atoms with E-state index in [4.69, 9.17) is 11.6 Å². The molecule has 1 atom stereocenters. The van der Waals surface area contributed by atoms with Crippen LogP contribution in [0.3, 0.4) is 0 Å². The van der Waals surface area contributed by atoms with Crippen LogP contribution in [0.2, 0.25) is 5.02 Å². The molecule has 5 nitrogen and oxygen atoms in total. The summed E-state index contributed by atoms with van der Waals surface area (Å²) in [5.41, 5.74) is 0. The number of halogens is 1. The van der Waals surface area contributed by atoms with Crippen molar-refractivity contribution < 1.29 is 13.2 Å². The number of nitrogens with zero attached hydrogens (tertiary/aromatic N) is 1. The maximum absolute atomic E-state index is 12.4. The Morgan fingerprint density at radius 2 is 2.05 bits per heavy atom. The van der Waals surface area contributed by atoms with Gasteiger partial charge >= 0.3 is 0 Å². The molecule has 0 unspecified atom stereocenters. The highest BCUT2D eigenvalue weighted by molar-refractivity contribution is 7.92. The molecule has 116 valence electrons. The number of carbonyl (C=O) groups is 1. The van der Waals surface area contributed by atoms with Crippen LogP contribution in [0.25, 0.3) is 0 Å². The van der Waals surface area contributed by atoms with Crippen LogP contribution in [0.15, 0.2) is 23.4 Å². The summed E-state index contributed by atoms with van der Waals surface area (Å²) in [6.07, 6.45) is 6.47. The normalized spacial score (nSPS) is 18.2. The van der Waals surface area contributed by atoms with E-state index < -0.39 is 21.0 Å². The van der Waals surface area contributed by atoms with Crippen molar-refractivity contribution in [1.82, 2.24) is 10.3 Å². The average molecular weight is 331 g/mol. The molecule has 0 radical (unpaired) electrons. The van der Waals surface area contributed by atoms with Gasteiger partial charge in [0.2, 0.25) is 15.7 Å². The maximum Gasteiger partial charge on any atom is 0.238 e. The first-order valence-electron chi connectivity index (χ1n) is 7.07. The maximum atomic E-state index is 12.4. The Labute approximate surface area is 130 Å². The zero-order valence-corrected chi connectivity index (χ0v) is 13.5. The second kappa shape index (κ2) is 6.75. The molecule has 0 aromatic carbocycles. The highest BCUT2D eigenvalue weighted by Crippen LogP contribution is 2.23. The lowest BCUT2D eigenvalue weighted by Crippen LogP contribution is -2.44. The third-order valence-electron chi connectivity index (χ3n) is 3.78. The number of hydrogen-bond acceptors (Lipinski definition) is 4. The summed E-state index contributed by atoms with van der Waals surface area (Å²) < 4.78 is 24.9. The topological polar surface area (TPSA) is 76.1 Å². The van der Waals surface area contributed by atoms with Crippen LogP contribution in [0.5, 0.6) is 0 Å². The number of pyridine rings is 1. The Bertz CT molecular complexity index is 612. The molecule has 1 aromatic heterocycles. The Balaban J connectivity index is 2.12. The van der Waals surface area contributed by atoms with Crippen molar-refractivity contribution in [2.75, 3.05) is 0 Å². The van der Waals surface area contributed by atoms with Crippen molar-refractivity contribution in [1.29, 1.82) is 0 Å². The van der Waals surface area contributed by atoms with Gasteiger partial charge in [0.15, 0.2) is 5.03 Å². The van der Waals surface area contributed by atoms with Gasteiger partial charge in [-0.3, -0.25) is 4.79 Å². The van der Waals surface area contributed by atoms with E-state index in [-0.39, 0.29) is 16.1 Å². The molecule has 21 heavy (non-hydrogen) atoms.